The van der Waals surface area contributed by atoms with Crippen molar-refractivity contribution in [3.05, 3.63) is 90.6 Å². The number of rotatable bonds is 7. The maximum atomic E-state index is 13.7. The van der Waals surface area contributed by atoms with Gasteiger partial charge in [0.05, 0.1) is 35.6 Å². The van der Waals surface area contributed by atoms with Crippen LogP contribution in [0.3, 0.4) is 0 Å². The third kappa shape index (κ3) is 4.87. The van der Waals surface area contributed by atoms with E-state index in [1.165, 1.54) is 25.4 Å². The van der Waals surface area contributed by atoms with Gasteiger partial charge in [0.2, 0.25) is 0 Å². The highest BCUT2D eigenvalue weighted by atomic mass is 32.1. The van der Waals surface area contributed by atoms with Crippen molar-refractivity contribution in [2.45, 2.75) is 33.2 Å². The number of carbonyl (C=O) groups is 2. The number of hydrogen-bond donors (Lipinski definition) is 0. The average Bonchev–Trinajstić information content (AvgIpc) is 3.18. The molecule has 1 aliphatic rings. The normalized spacial score (nSPS) is 15.2. The Hall–Kier alpha value is -3.98. The van der Waals surface area contributed by atoms with E-state index in [0.717, 1.165) is 5.56 Å². The Balaban J connectivity index is 1.91. The summed E-state index contributed by atoms with van der Waals surface area (Å²) in [6.45, 7) is 5.45. The van der Waals surface area contributed by atoms with Gasteiger partial charge in [-0.05, 0) is 42.7 Å². The summed E-state index contributed by atoms with van der Waals surface area (Å²) in [6, 6.07) is 13.8. The van der Waals surface area contributed by atoms with E-state index in [9.17, 15) is 14.4 Å². The molecule has 2 heterocycles. The Labute approximate surface area is 211 Å². The van der Waals surface area contributed by atoms with E-state index >= 15 is 0 Å². The summed E-state index contributed by atoms with van der Waals surface area (Å²) >= 11 is 1.25. The number of aromatic nitrogens is 1. The van der Waals surface area contributed by atoms with Gasteiger partial charge < -0.3 is 14.2 Å². The molecule has 8 nitrogen and oxygen atoms in total. The molecular formula is C27H26N2O6S. The van der Waals surface area contributed by atoms with E-state index in [-0.39, 0.29) is 5.56 Å². The zero-order chi connectivity index (χ0) is 25.8. The zero-order valence-electron chi connectivity index (χ0n) is 20.4. The molecule has 0 bridgehead atoms. The maximum absolute atomic E-state index is 13.7. The molecule has 2 aromatic carbocycles. The van der Waals surface area contributed by atoms with Crippen LogP contribution in [-0.4, -0.2) is 30.2 Å². The molecule has 0 radical (unpaired) electrons. The second-order valence-electron chi connectivity index (χ2n) is 7.93. The van der Waals surface area contributed by atoms with E-state index in [0.29, 0.717) is 50.7 Å². The van der Waals surface area contributed by atoms with Crippen molar-refractivity contribution < 1.29 is 23.8 Å². The second-order valence-corrected chi connectivity index (χ2v) is 8.94. The van der Waals surface area contributed by atoms with Crippen LogP contribution < -0.4 is 24.4 Å². The molecule has 9 heteroatoms. The van der Waals surface area contributed by atoms with E-state index in [2.05, 4.69) is 4.99 Å². The van der Waals surface area contributed by atoms with Crippen LogP contribution in [0.15, 0.2) is 69.6 Å². The number of ether oxygens (including phenoxy) is 3. The molecule has 0 spiro atoms. The number of thiazole rings is 1. The monoisotopic (exact) mass is 506 g/mol. The molecule has 3 aromatic rings. The Morgan fingerprint density at radius 3 is 2.50 bits per heavy atom. The highest BCUT2D eigenvalue weighted by Gasteiger charge is 2.33. The number of esters is 2. The average molecular weight is 507 g/mol. The van der Waals surface area contributed by atoms with Gasteiger partial charge in [0, 0.05) is 6.92 Å². The molecule has 0 saturated carbocycles. The van der Waals surface area contributed by atoms with Crippen molar-refractivity contribution in [2.75, 3.05) is 13.7 Å². The standard InChI is InChI=1S/C27H26N2O6S/c1-5-19-23(26(32)33-4)24(18-10-8-7-9-11-18)29-25(31)22(36-27(29)28-19)15-17-12-13-20(35-16(3)30)21(14-17)34-6-2/h7-15,24H,5-6H2,1-4H3/b22-15+/t24-/m1/s1. The predicted molar refractivity (Wildman–Crippen MR) is 136 cm³/mol. The first-order valence-electron chi connectivity index (χ1n) is 11.5. The molecule has 1 aliphatic heterocycles. The van der Waals surface area contributed by atoms with Crippen LogP contribution in [0, 0.1) is 0 Å². The third-order valence-electron chi connectivity index (χ3n) is 5.58. The minimum Gasteiger partial charge on any atom is -0.490 e. The van der Waals surface area contributed by atoms with Crippen molar-refractivity contribution in [3.8, 4) is 11.5 Å². The molecule has 1 atom stereocenters. The first kappa shape index (κ1) is 25.1. The van der Waals surface area contributed by atoms with Gasteiger partial charge in [-0.3, -0.25) is 14.2 Å². The summed E-state index contributed by atoms with van der Waals surface area (Å²) in [5, 5.41) is 0. The summed E-state index contributed by atoms with van der Waals surface area (Å²) in [4.78, 5) is 43.1. The molecule has 0 fully saturated rings. The van der Waals surface area contributed by atoms with Crippen LogP contribution >= 0.6 is 11.3 Å². The van der Waals surface area contributed by atoms with Crippen LogP contribution in [0.1, 0.15) is 44.4 Å². The molecule has 4 rings (SSSR count). The van der Waals surface area contributed by atoms with E-state index in [4.69, 9.17) is 14.2 Å². The van der Waals surface area contributed by atoms with Crippen molar-refractivity contribution >= 4 is 29.4 Å². The Morgan fingerprint density at radius 1 is 1.11 bits per heavy atom. The number of hydrogen-bond acceptors (Lipinski definition) is 8. The number of allylic oxidation sites excluding steroid dienone is 1. The number of methoxy groups -OCH3 is 1. The summed E-state index contributed by atoms with van der Waals surface area (Å²) in [7, 11) is 1.32. The van der Waals surface area contributed by atoms with E-state index in [1.54, 1.807) is 28.8 Å². The van der Waals surface area contributed by atoms with Crippen LogP contribution in [0.4, 0.5) is 0 Å². The van der Waals surface area contributed by atoms with Gasteiger partial charge in [0.15, 0.2) is 16.3 Å². The zero-order valence-corrected chi connectivity index (χ0v) is 21.3. The second kappa shape index (κ2) is 10.7. The Kier molecular flexibility index (Phi) is 7.49. The van der Waals surface area contributed by atoms with Gasteiger partial charge in [-0.2, -0.15) is 0 Å². The SMILES string of the molecule is CCOc1cc(/C=c2/sc3n(c2=O)[C@H](c2ccccc2)C(C(=O)OC)=C(CC)N=3)ccc1OC(C)=O. The van der Waals surface area contributed by atoms with Crippen molar-refractivity contribution in [1.82, 2.24) is 4.57 Å². The molecule has 1 aromatic heterocycles. The number of fused-ring (bicyclic) bond motifs is 1. The quantitative estimate of drug-likeness (QED) is 0.361. The Bertz CT molecular complexity index is 1520. The van der Waals surface area contributed by atoms with Crippen LogP contribution in [0.5, 0.6) is 11.5 Å². The van der Waals surface area contributed by atoms with Crippen molar-refractivity contribution in [2.24, 2.45) is 4.99 Å². The fourth-order valence-corrected chi connectivity index (χ4v) is 5.11. The van der Waals surface area contributed by atoms with Gasteiger partial charge in [0.1, 0.15) is 0 Å². The predicted octanol–water partition coefficient (Wildman–Crippen LogP) is 3.12. The van der Waals surface area contributed by atoms with Gasteiger partial charge in [-0.25, -0.2) is 9.79 Å². The van der Waals surface area contributed by atoms with Gasteiger partial charge >= 0.3 is 11.9 Å². The molecular weight excluding hydrogens is 480 g/mol. The smallest absolute Gasteiger partial charge is 0.338 e. The fraction of sp³-hybridized carbons (Fsp3) is 0.259. The summed E-state index contributed by atoms with van der Waals surface area (Å²) < 4.78 is 17.9. The lowest BCUT2D eigenvalue weighted by molar-refractivity contribution is -0.136. The lowest BCUT2D eigenvalue weighted by Gasteiger charge is -2.25. The first-order chi connectivity index (χ1) is 17.4. The minimum atomic E-state index is -0.655. The molecule has 186 valence electrons. The summed E-state index contributed by atoms with van der Waals surface area (Å²) in [5.74, 6) is -0.257. The van der Waals surface area contributed by atoms with Crippen LogP contribution in [0.25, 0.3) is 6.08 Å². The highest BCUT2D eigenvalue weighted by Crippen LogP contribution is 2.32. The summed E-state index contributed by atoms with van der Waals surface area (Å²) in [6.07, 6.45) is 2.24. The lowest BCUT2D eigenvalue weighted by Crippen LogP contribution is -2.40. The number of carbonyl (C=O) groups excluding carboxylic acids is 2. The molecule has 0 unspecified atom stereocenters. The highest BCUT2D eigenvalue weighted by molar-refractivity contribution is 7.07. The lowest BCUT2D eigenvalue weighted by atomic mass is 9.95. The van der Waals surface area contributed by atoms with Gasteiger partial charge in [-0.15, -0.1) is 0 Å². The fourth-order valence-electron chi connectivity index (χ4n) is 4.09. The van der Waals surface area contributed by atoms with Crippen molar-refractivity contribution in [1.29, 1.82) is 0 Å². The number of benzene rings is 2. The first-order valence-corrected chi connectivity index (χ1v) is 12.3. The van der Waals surface area contributed by atoms with Gasteiger partial charge in [0.25, 0.3) is 5.56 Å². The number of nitrogens with zero attached hydrogens (tertiary/aromatic N) is 2. The maximum Gasteiger partial charge on any atom is 0.338 e. The molecule has 0 aliphatic carbocycles. The molecule has 0 amide bonds. The topological polar surface area (TPSA) is 96.2 Å². The Morgan fingerprint density at radius 2 is 1.86 bits per heavy atom. The van der Waals surface area contributed by atoms with Crippen LogP contribution in [0.2, 0.25) is 0 Å². The minimum absolute atomic E-state index is 0.272. The molecule has 0 N–H and O–H groups in total. The molecule has 0 saturated heterocycles. The van der Waals surface area contributed by atoms with Gasteiger partial charge in [-0.1, -0.05) is 54.7 Å². The summed E-state index contributed by atoms with van der Waals surface area (Å²) in [5.41, 5.74) is 2.16. The molecule has 36 heavy (non-hydrogen) atoms. The van der Waals surface area contributed by atoms with Crippen LogP contribution in [-0.2, 0) is 14.3 Å². The third-order valence-corrected chi connectivity index (χ3v) is 6.57. The van der Waals surface area contributed by atoms with E-state index < -0.39 is 18.0 Å². The van der Waals surface area contributed by atoms with Crippen molar-refractivity contribution in [3.63, 3.8) is 0 Å². The van der Waals surface area contributed by atoms with E-state index in [1.807, 2.05) is 44.2 Å². The largest absolute Gasteiger partial charge is 0.490 e.